The fourth-order valence-corrected chi connectivity index (χ4v) is 7.75. The van der Waals surface area contributed by atoms with Crippen molar-refractivity contribution in [1.29, 1.82) is 0 Å². The molecule has 0 radical (unpaired) electrons. The minimum atomic E-state index is -0.0806. The third-order valence-electron chi connectivity index (χ3n) is 9.67. The lowest BCUT2D eigenvalue weighted by Gasteiger charge is -2.31. The van der Waals surface area contributed by atoms with Crippen LogP contribution < -0.4 is 4.57 Å². The van der Waals surface area contributed by atoms with Crippen LogP contribution in [0.1, 0.15) is 77.9 Å². The Labute approximate surface area is 240 Å². The highest BCUT2D eigenvalue weighted by Gasteiger charge is 2.48. The maximum Gasteiger partial charge on any atom is 0.227 e. The van der Waals surface area contributed by atoms with Crippen LogP contribution in [0, 0.1) is 6.92 Å². The largest absolute Gasteiger partial charge is 0.437 e. The lowest BCUT2D eigenvalue weighted by molar-refractivity contribution is -0.701. The molecule has 3 unspecified atom stereocenters. The molecular formula is C37H34N3O+. The molecule has 3 aromatic heterocycles. The van der Waals surface area contributed by atoms with Crippen LogP contribution in [0.3, 0.4) is 0 Å². The Kier molecular flexibility index (Phi) is 5.60. The molecule has 202 valence electrons. The van der Waals surface area contributed by atoms with Crippen LogP contribution in [0.5, 0.6) is 0 Å². The summed E-state index contributed by atoms with van der Waals surface area (Å²) in [5.41, 5.74) is 11.1. The molecule has 0 N–H and O–H groups in total. The molecular weight excluding hydrogens is 502 g/mol. The summed E-state index contributed by atoms with van der Waals surface area (Å²) in [5.74, 6) is 0.701. The van der Waals surface area contributed by atoms with E-state index >= 15 is 0 Å². The van der Waals surface area contributed by atoms with Crippen molar-refractivity contribution in [1.82, 2.24) is 4.98 Å². The molecule has 0 bridgehead atoms. The summed E-state index contributed by atoms with van der Waals surface area (Å²) in [6.07, 6.45) is 12.7. The van der Waals surface area contributed by atoms with E-state index in [4.69, 9.17) is 14.4 Å². The zero-order chi connectivity index (χ0) is 27.7. The first-order chi connectivity index (χ1) is 20.2. The van der Waals surface area contributed by atoms with Crippen molar-refractivity contribution in [2.24, 2.45) is 4.99 Å². The standard InChI is InChI=1S/C37H34N3O/c1-4-30-25-13-9-10-14-26(25)33(31(5-2)39-30)35-29-18-17-27-28-16-15-22(3)38-37(28)41-36(27)34(29)32-21-24(19-20-40(32)35)23-11-7-6-8-12-23/h4-5,9-10,13-21,23,31,33,35H,1-2,6-8,11-12H2,3H3/q+1. The van der Waals surface area contributed by atoms with Gasteiger partial charge in [0.05, 0.1) is 23.2 Å². The Morgan fingerprint density at radius 1 is 0.927 bits per heavy atom. The van der Waals surface area contributed by atoms with Gasteiger partial charge in [0.2, 0.25) is 11.4 Å². The quantitative estimate of drug-likeness (QED) is 0.171. The molecule has 3 aliphatic rings. The number of rotatable bonds is 4. The number of allylic oxidation sites excluding steroid dienone is 1. The minimum absolute atomic E-state index is 0.0481. The molecule has 0 amide bonds. The Bertz CT molecular complexity index is 1910. The highest BCUT2D eigenvalue weighted by atomic mass is 16.3. The van der Waals surface area contributed by atoms with E-state index in [1.165, 1.54) is 60.1 Å². The number of pyridine rings is 2. The van der Waals surface area contributed by atoms with Crippen LogP contribution in [0.25, 0.3) is 33.3 Å². The number of hydrogen-bond donors (Lipinski definition) is 0. The van der Waals surface area contributed by atoms with Gasteiger partial charge in [-0.05, 0) is 61.1 Å². The third kappa shape index (κ3) is 3.63. The van der Waals surface area contributed by atoms with Gasteiger partial charge < -0.3 is 4.42 Å². The predicted molar refractivity (Wildman–Crippen MR) is 166 cm³/mol. The van der Waals surface area contributed by atoms with Gasteiger partial charge in [0.15, 0.2) is 17.8 Å². The van der Waals surface area contributed by atoms with Gasteiger partial charge >= 0.3 is 0 Å². The number of benzene rings is 2. The number of aryl methyl sites for hydroxylation is 1. The van der Waals surface area contributed by atoms with Crippen LogP contribution in [-0.4, -0.2) is 16.7 Å². The summed E-state index contributed by atoms with van der Waals surface area (Å²) in [6.45, 7) is 10.3. The maximum atomic E-state index is 6.63. The van der Waals surface area contributed by atoms with Crippen LogP contribution >= 0.6 is 0 Å². The van der Waals surface area contributed by atoms with Gasteiger partial charge in [-0.25, -0.2) is 4.98 Å². The van der Waals surface area contributed by atoms with Gasteiger partial charge in [0.1, 0.15) is 0 Å². The molecule has 2 aliphatic heterocycles. The van der Waals surface area contributed by atoms with Crippen LogP contribution in [-0.2, 0) is 0 Å². The summed E-state index contributed by atoms with van der Waals surface area (Å²) in [5, 5.41) is 2.19. The smallest absolute Gasteiger partial charge is 0.227 e. The topological polar surface area (TPSA) is 42.3 Å². The Morgan fingerprint density at radius 3 is 2.59 bits per heavy atom. The van der Waals surface area contributed by atoms with Crippen LogP contribution in [0.15, 0.2) is 102 Å². The molecule has 3 atom stereocenters. The average Bonchev–Trinajstić information content (AvgIpc) is 3.55. The number of nitrogens with zero attached hydrogens (tertiary/aromatic N) is 3. The molecule has 2 aromatic carbocycles. The molecule has 8 rings (SSSR count). The number of hydrogen-bond acceptors (Lipinski definition) is 3. The molecule has 1 fully saturated rings. The zero-order valence-electron chi connectivity index (χ0n) is 23.5. The van der Waals surface area contributed by atoms with Gasteiger partial charge in [-0.15, -0.1) is 6.58 Å². The van der Waals surface area contributed by atoms with Crippen molar-refractivity contribution in [2.45, 2.75) is 62.9 Å². The van der Waals surface area contributed by atoms with Gasteiger partial charge in [-0.2, -0.15) is 4.57 Å². The van der Waals surface area contributed by atoms with Crippen molar-refractivity contribution >= 4 is 27.8 Å². The summed E-state index contributed by atoms with van der Waals surface area (Å²) in [6, 6.07) is 22.2. The van der Waals surface area contributed by atoms with E-state index in [9.17, 15) is 0 Å². The van der Waals surface area contributed by atoms with Gasteiger partial charge in [-0.3, -0.25) is 4.99 Å². The first-order valence-electron chi connectivity index (χ1n) is 15.0. The molecule has 5 heterocycles. The monoisotopic (exact) mass is 536 g/mol. The Hall–Kier alpha value is -4.31. The maximum absolute atomic E-state index is 6.63. The molecule has 0 saturated heterocycles. The Morgan fingerprint density at radius 2 is 1.76 bits per heavy atom. The zero-order valence-corrected chi connectivity index (χ0v) is 23.5. The van der Waals surface area contributed by atoms with Crippen molar-refractivity contribution in [3.05, 3.63) is 120 Å². The van der Waals surface area contributed by atoms with E-state index in [2.05, 4.69) is 84.6 Å². The van der Waals surface area contributed by atoms with E-state index < -0.39 is 0 Å². The lowest BCUT2D eigenvalue weighted by Crippen LogP contribution is -2.45. The molecule has 1 saturated carbocycles. The highest BCUT2D eigenvalue weighted by Crippen LogP contribution is 2.50. The molecule has 4 heteroatoms. The highest BCUT2D eigenvalue weighted by molar-refractivity contribution is 6.11. The van der Waals surface area contributed by atoms with Crippen molar-refractivity contribution in [2.75, 3.05) is 0 Å². The van der Waals surface area contributed by atoms with E-state index in [1.807, 2.05) is 19.1 Å². The lowest BCUT2D eigenvalue weighted by atomic mass is 9.77. The molecule has 4 nitrogen and oxygen atoms in total. The van der Waals surface area contributed by atoms with Gasteiger partial charge in [0.25, 0.3) is 0 Å². The predicted octanol–water partition coefficient (Wildman–Crippen LogP) is 8.52. The summed E-state index contributed by atoms with van der Waals surface area (Å²) in [4.78, 5) is 9.92. The summed E-state index contributed by atoms with van der Waals surface area (Å²) < 4.78 is 9.11. The SMILES string of the molecule is C=CC1=NC(C=C)C(C2c3ccc4c(oc5nc(C)ccc54)c3-c3cc(C4CCCCC4)cc[n+]32)c2ccccc21. The summed E-state index contributed by atoms with van der Waals surface area (Å²) in [7, 11) is 0. The second kappa shape index (κ2) is 9.37. The molecule has 41 heavy (non-hydrogen) atoms. The number of aromatic nitrogens is 2. The van der Waals surface area contributed by atoms with Crippen LogP contribution in [0.4, 0.5) is 0 Å². The fraction of sp³-hybridized carbons (Fsp3) is 0.270. The molecule has 1 aliphatic carbocycles. The number of aliphatic imine (C=N–C) groups is 1. The fourth-order valence-electron chi connectivity index (χ4n) is 7.75. The Balaban J connectivity index is 1.40. The van der Waals surface area contributed by atoms with Gasteiger partial charge in [-0.1, -0.05) is 62.2 Å². The normalized spacial score (nSPS) is 21.8. The minimum Gasteiger partial charge on any atom is -0.437 e. The number of furan rings is 1. The second-order valence-corrected chi connectivity index (χ2v) is 11.9. The average molecular weight is 537 g/mol. The van der Waals surface area contributed by atoms with E-state index in [1.54, 1.807) is 0 Å². The van der Waals surface area contributed by atoms with Crippen LogP contribution in [0.2, 0.25) is 0 Å². The van der Waals surface area contributed by atoms with E-state index in [0.29, 0.717) is 11.6 Å². The third-order valence-corrected chi connectivity index (χ3v) is 9.67. The first-order valence-corrected chi connectivity index (χ1v) is 15.0. The van der Waals surface area contributed by atoms with Crippen molar-refractivity contribution in [3.8, 4) is 11.3 Å². The van der Waals surface area contributed by atoms with E-state index in [-0.39, 0.29) is 18.0 Å². The van der Waals surface area contributed by atoms with Crippen molar-refractivity contribution < 1.29 is 8.98 Å². The van der Waals surface area contributed by atoms with Crippen molar-refractivity contribution in [3.63, 3.8) is 0 Å². The number of fused-ring (bicyclic) bond motifs is 8. The summed E-state index contributed by atoms with van der Waals surface area (Å²) >= 11 is 0. The van der Waals surface area contributed by atoms with E-state index in [0.717, 1.165) is 33.3 Å². The second-order valence-electron chi connectivity index (χ2n) is 11.9. The molecule has 0 spiro atoms. The van der Waals surface area contributed by atoms with Gasteiger partial charge in [0, 0.05) is 39.7 Å². The first kappa shape index (κ1) is 24.5. The molecule has 5 aromatic rings.